The molecule has 6 nitrogen and oxygen atoms in total. The molecule has 1 fully saturated rings. The lowest BCUT2D eigenvalue weighted by Crippen LogP contribution is -2.30. The van der Waals surface area contributed by atoms with Crippen LogP contribution in [0.25, 0.3) is 5.69 Å². The third-order valence-corrected chi connectivity index (χ3v) is 3.75. The van der Waals surface area contributed by atoms with E-state index in [1.807, 2.05) is 30.3 Å². The third kappa shape index (κ3) is 2.44. The van der Waals surface area contributed by atoms with Crippen LogP contribution in [0.4, 0.5) is 5.95 Å². The van der Waals surface area contributed by atoms with E-state index >= 15 is 0 Å². The van der Waals surface area contributed by atoms with Crippen molar-refractivity contribution in [2.24, 2.45) is 11.7 Å². The molecule has 2 aromatic rings. The Hall–Kier alpha value is -1.95. The van der Waals surface area contributed by atoms with Crippen LogP contribution >= 0.6 is 0 Å². The van der Waals surface area contributed by atoms with Gasteiger partial charge in [0.1, 0.15) is 0 Å². The number of nitrogens with zero attached hydrogens (tertiary/aromatic N) is 4. The Labute approximate surface area is 112 Å². The molecular weight excluding hydrogens is 240 g/mol. The number of hydrogen-bond acceptors (Lipinski definition) is 5. The summed E-state index contributed by atoms with van der Waals surface area (Å²) >= 11 is 0. The molecule has 0 bridgehead atoms. The smallest absolute Gasteiger partial charge is 0.247 e. The number of para-hydroxylation sites is 1. The van der Waals surface area contributed by atoms with E-state index in [0.717, 1.165) is 12.1 Å². The number of anilines is 1. The third-order valence-electron chi connectivity index (χ3n) is 3.75. The van der Waals surface area contributed by atoms with Gasteiger partial charge in [-0.2, -0.15) is 4.68 Å². The monoisotopic (exact) mass is 258 g/mol. The molecule has 0 saturated heterocycles. The summed E-state index contributed by atoms with van der Waals surface area (Å²) in [5.41, 5.74) is 6.76. The average molecular weight is 258 g/mol. The zero-order valence-electron chi connectivity index (χ0n) is 10.7. The minimum absolute atomic E-state index is 0.374. The molecule has 1 aromatic carbocycles. The minimum Gasteiger partial charge on any atom is -0.350 e. The minimum atomic E-state index is 0.374. The van der Waals surface area contributed by atoms with Crippen molar-refractivity contribution in [1.82, 2.24) is 20.2 Å². The molecule has 0 radical (unpaired) electrons. The highest BCUT2D eigenvalue weighted by atomic mass is 15.6. The van der Waals surface area contributed by atoms with Crippen LogP contribution in [-0.4, -0.2) is 32.8 Å². The van der Waals surface area contributed by atoms with Crippen LogP contribution in [0.2, 0.25) is 0 Å². The standard InChI is InChI=1S/C13H18N6/c14-9-10-5-4-8-12(10)15-13-16-17-18-19(13)11-6-2-1-3-7-11/h1-3,6-7,10,12H,4-5,8-9,14H2,(H,15,16,18). The van der Waals surface area contributed by atoms with Crippen LogP contribution in [0.15, 0.2) is 30.3 Å². The van der Waals surface area contributed by atoms with Crippen LogP contribution in [0, 0.1) is 5.92 Å². The van der Waals surface area contributed by atoms with Crippen molar-refractivity contribution in [3.05, 3.63) is 30.3 Å². The number of hydrogen-bond donors (Lipinski definition) is 2. The highest BCUT2D eigenvalue weighted by Gasteiger charge is 2.27. The number of nitrogens with two attached hydrogens (primary N) is 1. The van der Waals surface area contributed by atoms with E-state index < -0.39 is 0 Å². The lowest BCUT2D eigenvalue weighted by atomic mass is 10.0. The van der Waals surface area contributed by atoms with Crippen molar-refractivity contribution in [2.45, 2.75) is 25.3 Å². The Bertz CT molecular complexity index is 523. The summed E-state index contributed by atoms with van der Waals surface area (Å²) in [7, 11) is 0. The molecule has 1 aromatic heterocycles. The molecule has 0 spiro atoms. The maximum atomic E-state index is 5.80. The predicted octanol–water partition coefficient (Wildman–Crippen LogP) is 1.20. The summed E-state index contributed by atoms with van der Waals surface area (Å²) in [6.07, 6.45) is 3.52. The van der Waals surface area contributed by atoms with Crippen molar-refractivity contribution in [3.8, 4) is 5.69 Å². The van der Waals surface area contributed by atoms with E-state index in [9.17, 15) is 0 Å². The fourth-order valence-electron chi connectivity index (χ4n) is 2.70. The molecule has 1 aliphatic carbocycles. The largest absolute Gasteiger partial charge is 0.350 e. The fraction of sp³-hybridized carbons (Fsp3) is 0.462. The number of rotatable bonds is 4. The summed E-state index contributed by atoms with van der Waals surface area (Å²) in [4.78, 5) is 0. The van der Waals surface area contributed by atoms with Gasteiger partial charge < -0.3 is 11.1 Å². The second-order valence-electron chi connectivity index (χ2n) is 4.93. The van der Waals surface area contributed by atoms with Gasteiger partial charge in [-0.1, -0.05) is 29.7 Å². The summed E-state index contributed by atoms with van der Waals surface area (Å²) < 4.78 is 1.73. The lowest BCUT2D eigenvalue weighted by Gasteiger charge is -2.19. The molecule has 19 heavy (non-hydrogen) atoms. The molecule has 2 unspecified atom stereocenters. The van der Waals surface area contributed by atoms with Crippen LogP contribution < -0.4 is 11.1 Å². The zero-order chi connectivity index (χ0) is 13.1. The fourth-order valence-corrected chi connectivity index (χ4v) is 2.70. The van der Waals surface area contributed by atoms with Crippen molar-refractivity contribution >= 4 is 5.95 Å². The van der Waals surface area contributed by atoms with E-state index in [-0.39, 0.29) is 0 Å². The summed E-state index contributed by atoms with van der Waals surface area (Å²) in [6.45, 7) is 0.713. The second-order valence-corrected chi connectivity index (χ2v) is 4.93. The number of benzene rings is 1. The lowest BCUT2D eigenvalue weighted by molar-refractivity contribution is 0.513. The van der Waals surface area contributed by atoms with Gasteiger partial charge in [-0.25, -0.2) is 0 Å². The van der Waals surface area contributed by atoms with Gasteiger partial charge in [0.05, 0.1) is 5.69 Å². The van der Waals surface area contributed by atoms with Crippen molar-refractivity contribution in [3.63, 3.8) is 0 Å². The number of tetrazole rings is 1. The predicted molar refractivity (Wildman–Crippen MR) is 73.0 cm³/mol. The van der Waals surface area contributed by atoms with Gasteiger partial charge >= 0.3 is 0 Å². The van der Waals surface area contributed by atoms with Gasteiger partial charge in [0.15, 0.2) is 0 Å². The molecule has 0 aliphatic heterocycles. The first-order valence-corrected chi connectivity index (χ1v) is 6.69. The van der Waals surface area contributed by atoms with E-state index in [0.29, 0.717) is 24.5 Å². The first kappa shape index (κ1) is 12.1. The summed E-state index contributed by atoms with van der Waals surface area (Å²) in [6, 6.07) is 10.3. The van der Waals surface area contributed by atoms with Crippen LogP contribution in [0.1, 0.15) is 19.3 Å². The number of nitrogens with one attached hydrogen (secondary N) is 1. The zero-order valence-corrected chi connectivity index (χ0v) is 10.7. The summed E-state index contributed by atoms with van der Waals surface area (Å²) in [5.74, 6) is 1.21. The van der Waals surface area contributed by atoms with E-state index in [1.165, 1.54) is 12.8 Å². The van der Waals surface area contributed by atoms with Gasteiger partial charge in [0.25, 0.3) is 0 Å². The normalized spacial score (nSPS) is 22.6. The maximum Gasteiger partial charge on any atom is 0.247 e. The highest BCUT2D eigenvalue weighted by Crippen LogP contribution is 2.27. The van der Waals surface area contributed by atoms with Gasteiger partial charge in [-0.15, -0.1) is 0 Å². The highest BCUT2D eigenvalue weighted by molar-refractivity contribution is 5.39. The van der Waals surface area contributed by atoms with E-state index in [1.54, 1.807) is 4.68 Å². The topological polar surface area (TPSA) is 81.7 Å². The van der Waals surface area contributed by atoms with Crippen LogP contribution in [-0.2, 0) is 0 Å². The molecule has 0 amide bonds. The number of aromatic nitrogens is 4. The van der Waals surface area contributed by atoms with Gasteiger partial charge in [0.2, 0.25) is 5.95 Å². The second kappa shape index (κ2) is 5.36. The molecule has 2 atom stereocenters. The maximum absolute atomic E-state index is 5.80. The van der Waals surface area contributed by atoms with Crippen molar-refractivity contribution < 1.29 is 0 Å². The molecule has 1 heterocycles. The molecule has 3 rings (SSSR count). The first-order chi connectivity index (χ1) is 9.38. The van der Waals surface area contributed by atoms with Gasteiger partial charge in [-0.3, -0.25) is 0 Å². The first-order valence-electron chi connectivity index (χ1n) is 6.69. The molecule has 100 valence electrons. The summed E-state index contributed by atoms with van der Waals surface area (Å²) in [5, 5.41) is 15.3. The Morgan fingerprint density at radius 1 is 1.26 bits per heavy atom. The Morgan fingerprint density at radius 2 is 2.11 bits per heavy atom. The van der Waals surface area contributed by atoms with E-state index in [4.69, 9.17) is 5.73 Å². The SMILES string of the molecule is NCC1CCCC1Nc1nnnn1-c1ccccc1. The Morgan fingerprint density at radius 3 is 2.89 bits per heavy atom. The molecule has 1 saturated carbocycles. The van der Waals surface area contributed by atoms with Crippen LogP contribution in [0.3, 0.4) is 0 Å². The molecular formula is C13H18N6. The Kier molecular flexibility index (Phi) is 3.41. The van der Waals surface area contributed by atoms with Crippen molar-refractivity contribution in [1.29, 1.82) is 0 Å². The Balaban J connectivity index is 1.81. The molecule has 6 heteroatoms. The molecule has 1 aliphatic rings. The van der Waals surface area contributed by atoms with Crippen molar-refractivity contribution in [2.75, 3.05) is 11.9 Å². The quantitative estimate of drug-likeness (QED) is 0.861. The van der Waals surface area contributed by atoms with E-state index in [2.05, 4.69) is 20.8 Å². The molecule has 3 N–H and O–H groups in total. The van der Waals surface area contributed by atoms with Gasteiger partial charge in [-0.05, 0) is 47.9 Å². The van der Waals surface area contributed by atoms with Gasteiger partial charge in [0, 0.05) is 6.04 Å². The van der Waals surface area contributed by atoms with Crippen LogP contribution in [0.5, 0.6) is 0 Å². The average Bonchev–Trinajstić information content (AvgIpc) is 3.09.